The van der Waals surface area contributed by atoms with Gasteiger partial charge in [-0.3, -0.25) is 0 Å². The fraction of sp³-hybridized carbons (Fsp3) is 0. The van der Waals surface area contributed by atoms with Crippen molar-refractivity contribution in [1.29, 1.82) is 0 Å². The number of hydrogen-bond acceptors (Lipinski definition) is 4. The van der Waals surface area contributed by atoms with Crippen LogP contribution in [0.15, 0.2) is 36.4 Å². The highest BCUT2D eigenvalue weighted by atomic mass is 16.4. The van der Waals surface area contributed by atoms with Gasteiger partial charge in [-0.25, -0.2) is 0 Å². The SMILES string of the molecule is OB(O)c1ccc2cc(B(O)O)ccc2c1. The molecule has 0 atom stereocenters. The molecule has 0 radical (unpaired) electrons. The van der Waals surface area contributed by atoms with Crippen LogP contribution >= 0.6 is 0 Å². The Kier molecular flexibility index (Phi) is 2.98. The molecule has 0 spiro atoms. The number of rotatable bonds is 2. The zero-order chi connectivity index (χ0) is 11.7. The monoisotopic (exact) mass is 216 g/mol. The Hall–Kier alpha value is -1.33. The number of fused-ring (bicyclic) bond motifs is 1. The molecule has 80 valence electrons. The number of benzene rings is 2. The minimum absolute atomic E-state index is 0.407. The van der Waals surface area contributed by atoms with Crippen molar-refractivity contribution in [3.63, 3.8) is 0 Å². The van der Waals surface area contributed by atoms with Crippen LogP contribution in [0.3, 0.4) is 0 Å². The Morgan fingerprint density at radius 1 is 0.625 bits per heavy atom. The summed E-state index contributed by atoms with van der Waals surface area (Å²) in [5.74, 6) is 0. The first-order valence-corrected chi connectivity index (χ1v) is 4.84. The molecule has 2 aromatic rings. The average Bonchev–Trinajstić information content (AvgIpc) is 2.27. The molecule has 0 unspecified atom stereocenters. The fourth-order valence-electron chi connectivity index (χ4n) is 1.60. The highest BCUT2D eigenvalue weighted by Gasteiger charge is 2.13. The molecule has 0 heterocycles. The van der Waals surface area contributed by atoms with Crippen LogP contribution in [-0.2, 0) is 0 Å². The Morgan fingerprint density at radius 3 is 1.31 bits per heavy atom. The van der Waals surface area contributed by atoms with Gasteiger partial charge in [-0.2, -0.15) is 0 Å². The first kappa shape index (κ1) is 11.2. The van der Waals surface area contributed by atoms with Gasteiger partial charge in [-0.1, -0.05) is 36.4 Å². The minimum atomic E-state index is -1.49. The third kappa shape index (κ3) is 2.10. The second kappa shape index (κ2) is 4.27. The van der Waals surface area contributed by atoms with Crippen molar-refractivity contribution < 1.29 is 20.1 Å². The lowest BCUT2D eigenvalue weighted by atomic mass is 9.77. The van der Waals surface area contributed by atoms with Crippen molar-refractivity contribution in [1.82, 2.24) is 0 Å². The summed E-state index contributed by atoms with van der Waals surface area (Å²) in [5, 5.41) is 37.6. The van der Waals surface area contributed by atoms with E-state index in [2.05, 4.69) is 0 Å². The van der Waals surface area contributed by atoms with Gasteiger partial charge in [0, 0.05) is 0 Å². The van der Waals surface area contributed by atoms with E-state index in [9.17, 15) is 0 Å². The first-order valence-electron chi connectivity index (χ1n) is 4.84. The maximum absolute atomic E-state index is 9.00. The first-order chi connectivity index (χ1) is 7.58. The molecule has 4 N–H and O–H groups in total. The van der Waals surface area contributed by atoms with Gasteiger partial charge in [0.2, 0.25) is 0 Å². The van der Waals surface area contributed by atoms with Crippen LogP contribution in [0.2, 0.25) is 0 Å². The molecule has 0 aliphatic rings. The van der Waals surface area contributed by atoms with Crippen molar-refractivity contribution in [3.05, 3.63) is 36.4 Å². The molecular formula is C10H10B2O4. The summed E-state index contributed by atoms with van der Waals surface area (Å²) >= 11 is 0. The molecule has 4 nitrogen and oxygen atoms in total. The third-order valence-electron chi connectivity index (χ3n) is 2.48. The van der Waals surface area contributed by atoms with Crippen LogP contribution < -0.4 is 10.9 Å². The van der Waals surface area contributed by atoms with E-state index < -0.39 is 14.2 Å². The predicted octanol–water partition coefficient (Wildman–Crippen LogP) is -1.80. The highest BCUT2D eigenvalue weighted by Crippen LogP contribution is 2.10. The molecule has 0 aliphatic carbocycles. The van der Waals surface area contributed by atoms with Gasteiger partial charge in [-0.05, 0) is 21.7 Å². The summed E-state index contributed by atoms with van der Waals surface area (Å²) in [6.45, 7) is 0. The normalized spacial score (nSPS) is 10.5. The summed E-state index contributed by atoms with van der Waals surface area (Å²) < 4.78 is 0. The smallest absolute Gasteiger partial charge is 0.423 e. The van der Waals surface area contributed by atoms with Gasteiger partial charge in [-0.15, -0.1) is 0 Å². The average molecular weight is 216 g/mol. The van der Waals surface area contributed by atoms with E-state index in [1.165, 1.54) is 0 Å². The third-order valence-corrected chi connectivity index (χ3v) is 2.48. The van der Waals surface area contributed by atoms with Crippen molar-refractivity contribution in [2.75, 3.05) is 0 Å². The number of hydrogen-bond donors (Lipinski definition) is 4. The van der Waals surface area contributed by atoms with Gasteiger partial charge in [0.25, 0.3) is 0 Å². The van der Waals surface area contributed by atoms with Gasteiger partial charge in [0.1, 0.15) is 0 Å². The molecule has 2 rings (SSSR count). The van der Waals surface area contributed by atoms with Crippen LogP contribution in [0.25, 0.3) is 10.8 Å². The lowest BCUT2D eigenvalue weighted by Gasteiger charge is -2.05. The predicted molar refractivity (Wildman–Crippen MR) is 63.6 cm³/mol. The summed E-state index contributed by atoms with van der Waals surface area (Å²) in [6, 6.07) is 9.87. The van der Waals surface area contributed by atoms with E-state index in [4.69, 9.17) is 20.1 Å². The Morgan fingerprint density at radius 2 is 1.00 bits per heavy atom. The minimum Gasteiger partial charge on any atom is -0.423 e. The topological polar surface area (TPSA) is 80.9 Å². The molecule has 0 saturated heterocycles. The fourth-order valence-corrected chi connectivity index (χ4v) is 1.60. The van der Waals surface area contributed by atoms with Crippen LogP contribution in [0, 0.1) is 0 Å². The van der Waals surface area contributed by atoms with Crippen LogP contribution in [0.4, 0.5) is 0 Å². The molecule has 0 amide bonds. The lowest BCUT2D eigenvalue weighted by Crippen LogP contribution is -2.30. The summed E-state index contributed by atoms with van der Waals surface area (Å²) in [7, 11) is -2.99. The van der Waals surface area contributed by atoms with Crippen LogP contribution in [-0.4, -0.2) is 34.3 Å². The van der Waals surface area contributed by atoms with Gasteiger partial charge >= 0.3 is 14.2 Å². The lowest BCUT2D eigenvalue weighted by molar-refractivity contribution is 0.424. The Balaban J connectivity index is 2.53. The summed E-state index contributed by atoms with van der Waals surface area (Å²) in [6.07, 6.45) is 0. The van der Waals surface area contributed by atoms with Gasteiger partial charge < -0.3 is 20.1 Å². The molecular weight excluding hydrogens is 206 g/mol. The second-order valence-corrected chi connectivity index (χ2v) is 3.61. The molecule has 2 aromatic carbocycles. The highest BCUT2D eigenvalue weighted by molar-refractivity contribution is 6.59. The van der Waals surface area contributed by atoms with Crippen molar-refractivity contribution in [2.24, 2.45) is 0 Å². The van der Waals surface area contributed by atoms with E-state index in [1.54, 1.807) is 36.4 Å². The summed E-state index contributed by atoms with van der Waals surface area (Å²) in [4.78, 5) is 0. The van der Waals surface area contributed by atoms with Gasteiger partial charge in [0.05, 0.1) is 0 Å². The maximum atomic E-state index is 9.00. The molecule has 0 aliphatic heterocycles. The van der Waals surface area contributed by atoms with Crippen molar-refractivity contribution >= 4 is 35.9 Å². The zero-order valence-electron chi connectivity index (χ0n) is 8.41. The van der Waals surface area contributed by atoms with E-state index in [0.717, 1.165) is 10.8 Å². The standard InChI is InChI=1S/C10H10B2O4/c13-11(14)9-3-1-7-5-10(12(15)16)4-2-8(7)6-9/h1-6,13-16H. The van der Waals surface area contributed by atoms with E-state index >= 15 is 0 Å². The zero-order valence-corrected chi connectivity index (χ0v) is 8.41. The van der Waals surface area contributed by atoms with Gasteiger partial charge in [0.15, 0.2) is 0 Å². The molecule has 0 aromatic heterocycles. The largest absolute Gasteiger partial charge is 0.488 e. The second-order valence-electron chi connectivity index (χ2n) is 3.61. The van der Waals surface area contributed by atoms with E-state index in [-0.39, 0.29) is 0 Å². The van der Waals surface area contributed by atoms with E-state index in [1.807, 2.05) is 0 Å². The quantitative estimate of drug-likeness (QED) is 0.446. The molecule has 16 heavy (non-hydrogen) atoms. The van der Waals surface area contributed by atoms with Crippen LogP contribution in [0.5, 0.6) is 0 Å². The van der Waals surface area contributed by atoms with E-state index in [0.29, 0.717) is 10.9 Å². The van der Waals surface area contributed by atoms with Crippen molar-refractivity contribution in [3.8, 4) is 0 Å². The summed E-state index contributed by atoms with van der Waals surface area (Å²) in [5.41, 5.74) is 0.814. The van der Waals surface area contributed by atoms with Crippen molar-refractivity contribution in [2.45, 2.75) is 0 Å². The molecule has 0 saturated carbocycles. The molecule has 0 bridgehead atoms. The Bertz CT molecular complexity index is 466. The van der Waals surface area contributed by atoms with Crippen LogP contribution in [0.1, 0.15) is 0 Å². The Labute approximate surface area is 93.1 Å². The molecule has 0 fully saturated rings. The maximum Gasteiger partial charge on any atom is 0.488 e. The molecule has 6 heteroatoms.